The van der Waals surface area contributed by atoms with Crippen LogP contribution in [-0.2, 0) is 0 Å². The van der Waals surface area contributed by atoms with Crippen molar-refractivity contribution in [3.05, 3.63) is 6.33 Å². The molecule has 0 radical (unpaired) electrons. The molecule has 2 aromatic rings. The van der Waals surface area contributed by atoms with Crippen LogP contribution in [0.1, 0.15) is 33.1 Å². The maximum Gasteiger partial charge on any atom is 0.226 e. The summed E-state index contributed by atoms with van der Waals surface area (Å²) in [6.45, 7) is 5.05. The van der Waals surface area contributed by atoms with Crippen molar-refractivity contribution in [2.45, 2.75) is 38.6 Å². The quantitative estimate of drug-likeness (QED) is 0.770. The Morgan fingerprint density at radius 1 is 1.39 bits per heavy atom. The molecule has 0 bridgehead atoms. The van der Waals surface area contributed by atoms with Crippen molar-refractivity contribution in [1.29, 1.82) is 0 Å². The Labute approximate surface area is 106 Å². The fourth-order valence-corrected chi connectivity index (χ4v) is 2.28. The maximum atomic E-state index is 4.53. The van der Waals surface area contributed by atoms with Crippen molar-refractivity contribution in [1.82, 2.24) is 19.9 Å². The summed E-state index contributed by atoms with van der Waals surface area (Å²) in [4.78, 5) is 16.2. The zero-order valence-corrected chi connectivity index (χ0v) is 10.7. The number of hydrogen-bond acceptors (Lipinski definition) is 5. The number of nitrogens with one attached hydrogen (secondary N) is 3. The molecule has 0 amide bonds. The van der Waals surface area contributed by atoms with E-state index in [1.807, 2.05) is 6.92 Å². The first-order chi connectivity index (χ1) is 8.70. The van der Waals surface area contributed by atoms with Crippen LogP contribution in [0, 0.1) is 0 Å². The van der Waals surface area contributed by atoms with Crippen LogP contribution in [-0.4, -0.2) is 32.0 Å². The van der Waals surface area contributed by atoms with E-state index in [9.17, 15) is 0 Å². The van der Waals surface area contributed by atoms with E-state index in [0.29, 0.717) is 11.6 Å². The molecule has 0 saturated heterocycles. The molecular formula is C12H18N6. The molecule has 0 spiro atoms. The molecule has 96 valence electrons. The van der Waals surface area contributed by atoms with Crippen molar-refractivity contribution in [3.8, 4) is 0 Å². The summed E-state index contributed by atoms with van der Waals surface area (Å²) in [7, 11) is 0. The van der Waals surface area contributed by atoms with Crippen molar-refractivity contribution in [2.75, 3.05) is 17.2 Å². The number of H-pyrrole nitrogens is 1. The number of aromatic amines is 1. The van der Waals surface area contributed by atoms with Crippen LogP contribution in [0.25, 0.3) is 11.2 Å². The number of imidazole rings is 1. The standard InChI is InChI=1S/C12H18N6/c1-3-13-11-16-9-8(14-7-15-9)10(17-11)18-12(2)5-4-6-12/h7H,3-6H2,1-2H3,(H3,13,14,15,16,17,18). The first-order valence-corrected chi connectivity index (χ1v) is 6.43. The highest BCUT2D eigenvalue weighted by molar-refractivity contribution is 5.84. The molecule has 2 heterocycles. The molecule has 6 heteroatoms. The van der Waals surface area contributed by atoms with Gasteiger partial charge in [0.2, 0.25) is 5.95 Å². The molecular weight excluding hydrogens is 228 g/mol. The molecule has 1 saturated carbocycles. The summed E-state index contributed by atoms with van der Waals surface area (Å²) in [5.41, 5.74) is 1.74. The summed E-state index contributed by atoms with van der Waals surface area (Å²) >= 11 is 0. The normalized spacial score (nSPS) is 17.4. The number of aromatic nitrogens is 4. The van der Waals surface area contributed by atoms with Crippen molar-refractivity contribution < 1.29 is 0 Å². The Morgan fingerprint density at radius 3 is 2.89 bits per heavy atom. The van der Waals surface area contributed by atoms with Crippen molar-refractivity contribution in [2.24, 2.45) is 0 Å². The van der Waals surface area contributed by atoms with Gasteiger partial charge < -0.3 is 15.6 Å². The SMILES string of the molecule is CCNc1nc(NC2(C)CCC2)c2[nH]cnc2n1. The van der Waals surface area contributed by atoms with Crippen LogP contribution in [0.15, 0.2) is 6.33 Å². The lowest BCUT2D eigenvalue weighted by molar-refractivity contribution is 0.306. The number of hydrogen-bond donors (Lipinski definition) is 3. The third-order valence-corrected chi connectivity index (χ3v) is 3.50. The highest BCUT2D eigenvalue weighted by Gasteiger charge is 2.32. The van der Waals surface area contributed by atoms with Gasteiger partial charge in [-0.3, -0.25) is 0 Å². The fraction of sp³-hybridized carbons (Fsp3) is 0.583. The average molecular weight is 246 g/mol. The van der Waals surface area contributed by atoms with Gasteiger partial charge >= 0.3 is 0 Å². The van der Waals surface area contributed by atoms with Gasteiger partial charge in [0.25, 0.3) is 0 Å². The second kappa shape index (κ2) is 4.12. The smallest absolute Gasteiger partial charge is 0.226 e. The molecule has 0 atom stereocenters. The van der Waals surface area contributed by atoms with Crippen molar-refractivity contribution >= 4 is 22.9 Å². The van der Waals surface area contributed by atoms with E-state index in [1.165, 1.54) is 19.3 Å². The van der Waals surface area contributed by atoms with Gasteiger partial charge in [0.15, 0.2) is 11.5 Å². The van der Waals surface area contributed by atoms with E-state index < -0.39 is 0 Å². The summed E-state index contributed by atoms with van der Waals surface area (Å²) in [5.74, 6) is 1.47. The lowest BCUT2D eigenvalue weighted by Gasteiger charge is -2.39. The first-order valence-electron chi connectivity index (χ1n) is 6.43. The minimum atomic E-state index is 0.163. The van der Waals surface area contributed by atoms with Crippen LogP contribution in [0.3, 0.4) is 0 Å². The Kier molecular flexibility index (Phi) is 2.57. The molecule has 0 aliphatic heterocycles. The molecule has 3 rings (SSSR count). The Balaban J connectivity index is 1.99. The second-order valence-corrected chi connectivity index (χ2v) is 5.07. The molecule has 6 nitrogen and oxygen atoms in total. The summed E-state index contributed by atoms with van der Waals surface area (Å²) in [5, 5.41) is 6.66. The lowest BCUT2D eigenvalue weighted by atomic mass is 9.78. The monoisotopic (exact) mass is 246 g/mol. The topological polar surface area (TPSA) is 78.5 Å². The Hall–Kier alpha value is -1.85. The predicted octanol–water partition coefficient (Wildman–Crippen LogP) is 2.14. The van der Waals surface area contributed by atoms with E-state index in [0.717, 1.165) is 17.9 Å². The van der Waals surface area contributed by atoms with Crippen LogP contribution >= 0.6 is 0 Å². The third kappa shape index (κ3) is 1.87. The minimum Gasteiger partial charge on any atom is -0.363 e. The largest absolute Gasteiger partial charge is 0.363 e. The highest BCUT2D eigenvalue weighted by Crippen LogP contribution is 2.35. The fourth-order valence-electron chi connectivity index (χ4n) is 2.28. The molecule has 0 unspecified atom stereocenters. The number of rotatable bonds is 4. The van der Waals surface area contributed by atoms with E-state index in [4.69, 9.17) is 0 Å². The van der Waals surface area contributed by atoms with Crippen LogP contribution < -0.4 is 10.6 Å². The predicted molar refractivity (Wildman–Crippen MR) is 71.7 cm³/mol. The third-order valence-electron chi connectivity index (χ3n) is 3.50. The lowest BCUT2D eigenvalue weighted by Crippen LogP contribution is -2.42. The van der Waals surface area contributed by atoms with Crippen LogP contribution in [0.2, 0.25) is 0 Å². The zero-order valence-electron chi connectivity index (χ0n) is 10.7. The molecule has 18 heavy (non-hydrogen) atoms. The second-order valence-electron chi connectivity index (χ2n) is 5.07. The van der Waals surface area contributed by atoms with Gasteiger partial charge in [0.05, 0.1) is 6.33 Å². The molecule has 1 aliphatic rings. The summed E-state index contributed by atoms with van der Waals surface area (Å²) in [6, 6.07) is 0. The van der Waals surface area contributed by atoms with Gasteiger partial charge in [-0.25, -0.2) is 4.98 Å². The van der Waals surface area contributed by atoms with Gasteiger partial charge in [-0.05, 0) is 33.1 Å². The Morgan fingerprint density at radius 2 is 2.22 bits per heavy atom. The van der Waals surface area contributed by atoms with E-state index in [2.05, 4.69) is 37.5 Å². The summed E-state index contributed by atoms with van der Waals surface area (Å²) in [6.07, 6.45) is 5.30. The van der Waals surface area contributed by atoms with Gasteiger partial charge in [-0.2, -0.15) is 9.97 Å². The number of anilines is 2. The number of nitrogens with zero attached hydrogens (tertiary/aromatic N) is 3. The first kappa shape index (κ1) is 11.3. The van der Waals surface area contributed by atoms with Crippen LogP contribution in [0.5, 0.6) is 0 Å². The molecule has 2 aromatic heterocycles. The highest BCUT2D eigenvalue weighted by atomic mass is 15.2. The molecule has 1 fully saturated rings. The summed E-state index contributed by atoms with van der Waals surface area (Å²) < 4.78 is 0. The Bertz CT molecular complexity index is 557. The molecule has 1 aliphatic carbocycles. The van der Waals surface area contributed by atoms with E-state index in [1.54, 1.807) is 6.33 Å². The van der Waals surface area contributed by atoms with E-state index >= 15 is 0 Å². The van der Waals surface area contributed by atoms with Gasteiger partial charge in [0, 0.05) is 12.1 Å². The van der Waals surface area contributed by atoms with E-state index in [-0.39, 0.29) is 5.54 Å². The van der Waals surface area contributed by atoms with Gasteiger partial charge in [0.1, 0.15) is 5.52 Å². The van der Waals surface area contributed by atoms with Gasteiger partial charge in [-0.15, -0.1) is 0 Å². The average Bonchev–Trinajstić information content (AvgIpc) is 2.75. The zero-order chi connectivity index (χ0) is 12.6. The number of fused-ring (bicyclic) bond motifs is 1. The van der Waals surface area contributed by atoms with Gasteiger partial charge in [-0.1, -0.05) is 0 Å². The molecule has 0 aromatic carbocycles. The minimum absolute atomic E-state index is 0.163. The molecule has 3 N–H and O–H groups in total. The maximum absolute atomic E-state index is 4.53. The van der Waals surface area contributed by atoms with Crippen LogP contribution in [0.4, 0.5) is 11.8 Å². The van der Waals surface area contributed by atoms with Crippen molar-refractivity contribution in [3.63, 3.8) is 0 Å².